The highest BCUT2D eigenvalue weighted by Gasteiger charge is 2.53. The number of unbranched alkanes of at least 4 members (excludes halogenated alkanes) is 3. The summed E-state index contributed by atoms with van der Waals surface area (Å²) in [6.45, 7) is 20.6. The number of rotatable bonds is 20. The van der Waals surface area contributed by atoms with Gasteiger partial charge in [0.25, 0.3) is 0 Å². The average Bonchev–Trinajstić information content (AvgIpc) is 3.81. The maximum absolute atomic E-state index is 14.5. The van der Waals surface area contributed by atoms with Gasteiger partial charge < -0.3 is 74.3 Å². The van der Waals surface area contributed by atoms with E-state index < -0.39 is 102 Å². The number of oxime groups is 1. The van der Waals surface area contributed by atoms with Gasteiger partial charge in [0, 0.05) is 62.0 Å². The van der Waals surface area contributed by atoms with E-state index in [1.165, 1.54) is 14.0 Å². The molecule has 0 aromatic carbocycles. The summed E-state index contributed by atoms with van der Waals surface area (Å²) in [4.78, 5) is 26.6. The van der Waals surface area contributed by atoms with E-state index in [1.807, 2.05) is 44.4 Å². The highest BCUT2D eigenvalue weighted by atomic mass is 32.1. The number of cyclic esters (lactones) is 1. The van der Waals surface area contributed by atoms with E-state index in [9.17, 15) is 30.3 Å². The second-order valence-electron chi connectivity index (χ2n) is 20.7. The van der Waals surface area contributed by atoms with Crippen molar-refractivity contribution >= 4 is 23.0 Å². The number of carbonyl (C=O) groups excluding carboxylic acids is 1. The first-order chi connectivity index (χ1) is 32.0. The zero-order chi connectivity index (χ0) is 50.6. The predicted octanol–water partition coefficient (Wildman–Crippen LogP) is 3.99. The molecule has 18 nitrogen and oxygen atoms in total. The predicted molar refractivity (Wildman–Crippen MR) is 260 cm³/mol. The van der Waals surface area contributed by atoms with Crippen LogP contribution < -0.4 is 10.6 Å². The quantitative estimate of drug-likeness (QED) is 0.0556. The van der Waals surface area contributed by atoms with Gasteiger partial charge in [-0.15, -0.1) is 11.3 Å². The van der Waals surface area contributed by atoms with Gasteiger partial charge >= 0.3 is 5.97 Å². The van der Waals surface area contributed by atoms with Crippen LogP contribution >= 0.6 is 11.3 Å². The van der Waals surface area contributed by atoms with Gasteiger partial charge in [0.15, 0.2) is 12.6 Å². The molecule has 1 aromatic rings. The molecule has 0 bridgehead atoms. The number of nitrogens with zero attached hydrogens (tertiary/aromatic N) is 3. The zero-order valence-electron chi connectivity index (χ0n) is 43.3. The Kier molecular flexibility index (Phi) is 23.0. The lowest BCUT2D eigenvalue weighted by Crippen LogP contribution is -2.61. The average molecular weight is 988 g/mol. The monoisotopic (exact) mass is 988 g/mol. The first-order valence-corrected chi connectivity index (χ1v) is 25.9. The van der Waals surface area contributed by atoms with Crippen LogP contribution in [0.2, 0.25) is 0 Å². The van der Waals surface area contributed by atoms with Crippen molar-refractivity contribution in [2.24, 2.45) is 28.8 Å². The Morgan fingerprint density at radius 2 is 1.59 bits per heavy atom. The van der Waals surface area contributed by atoms with Crippen molar-refractivity contribution in [3.8, 4) is 0 Å². The van der Waals surface area contributed by atoms with Crippen molar-refractivity contribution < 1.29 is 63.6 Å². The molecule has 7 N–H and O–H groups in total. The fraction of sp³-hybridized carbons (Fsp3) is 0.898. The van der Waals surface area contributed by atoms with Crippen molar-refractivity contribution in [3.05, 3.63) is 16.6 Å². The number of likely N-dealkylation sites (N-methyl/N-ethyl adjacent to an activating group) is 1. The van der Waals surface area contributed by atoms with Gasteiger partial charge in [0.1, 0.15) is 35.5 Å². The summed E-state index contributed by atoms with van der Waals surface area (Å²) in [6.07, 6.45) is -3.18. The minimum Gasteiger partial charge on any atom is -0.459 e. The van der Waals surface area contributed by atoms with Crippen LogP contribution in [0.15, 0.2) is 16.7 Å². The zero-order valence-corrected chi connectivity index (χ0v) is 44.1. The molecule has 3 aliphatic heterocycles. The lowest BCUT2D eigenvalue weighted by molar-refractivity contribution is -0.317. The summed E-state index contributed by atoms with van der Waals surface area (Å²) in [5.41, 5.74) is -4.37. The molecule has 4 rings (SSSR count). The lowest BCUT2D eigenvalue weighted by Gasteiger charge is -2.49. The van der Waals surface area contributed by atoms with Gasteiger partial charge in [-0.05, 0) is 101 Å². The third kappa shape index (κ3) is 15.5. The number of hydrogen-bond donors (Lipinski definition) is 7. The van der Waals surface area contributed by atoms with Crippen LogP contribution in [0.25, 0.3) is 0 Å². The van der Waals surface area contributed by atoms with Crippen LogP contribution in [-0.2, 0) is 44.6 Å². The molecular formula is C49H89N5O13S. The van der Waals surface area contributed by atoms with Crippen molar-refractivity contribution in [2.45, 2.75) is 211 Å². The first kappa shape index (κ1) is 58.6. The molecule has 3 fully saturated rings. The third-order valence-corrected chi connectivity index (χ3v) is 15.4. The Bertz CT molecular complexity index is 1660. The van der Waals surface area contributed by atoms with Crippen LogP contribution in [0, 0.1) is 23.7 Å². The molecule has 394 valence electrons. The van der Waals surface area contributed by atoms with E-state index in [4.69, 9.17) is 33.3 Å². The number of carbonyl (C=O) groups is 1. The minimum atomic E-state index is -1.95. The molecule has 0 radical (unpaired) electrons. The number of methoxy groups -OCH3 is 1. The molecule has 0 saturated carbocycles. The molecule has 3 aliphatic rings. The number of nitrogens with one attached hydrogen (secondary N) is 2. The number of aromatic nitrogens is 1. The molecule has 0 aliphatic carbocycles. The van der Waals surface area contributed by atoms with Gasteiger partial charge in [0.2, 0.25) is 0 Å². The fourth-order valence-corrected chi connectivity index (χ4v) is 10.9. The van der Waals surface area contributed by atoms with E-state index in [-0.39, 0.29) is 38.0 Å². The maximum atomic E-state index is 14.5. The largest absolute Gasteiger partial charge is 0.459 e. The molecule has 0 unspecified atom stereocenters. The van der Waals surface area contributed by atoms with Crippen molar-refractivity contribution in [3.63, 3.8) is 0 Å². The van der Waals surface area contributed by atoms with Crippen LogP contribution in [0.3, 0.4) is 0 Å². The van der Waals surface area contributed by atoms with Crippen molar-refractivity contribution in [1.82, 2.24) is 20.5 Å². The standard InChI is InChI=1S/C49H89N5O13S/c1-14-36-49(10,60)42(56)31(4)39(53-62-23-21-50-19-17-15-16-18-20-51-28-37-52-22-24-68-37)29(2)26-47(8,59)44(67-46-40(55)35(54(11)12)25-30(3)63-46)32(5)41(33(6)45(58)65-36)66-38-27-48(9,61-13)43(57)34(7)64-38/h22,24,29-36,38,40-44,46,50-51,55-57,59-60H,14-21,23,25-28H2,1-13H3/b53-39+/t29-,30-,31+,32+,33-,34+,35+,36-,38+,40-,41+,42-,43+,44-,46+,47-,48-,49-/m1/s1. The van der Waals surface area contributed by atoms with Gasteiger partial charge in [-0.1, -0.05) is 45.7 Å². The molecule has 0 spiro atoms. The van der Waals surface area contributed by atoms with Gasteiger partial charge in [-0.2, -0.15) is 0 Å². The molecule has 3 saturated heterocycles. The van der Waals surface area contributed by atoms with E-state index in [0.717, 1.165) is 50.3 Å². The number of aliphatic hydroxyl groups excluding tert-OH is 3. The normalized spacial score (nSPS) is 40.8. The Balaban J connectivity index is 1.62. The smallest absolute Gasteiger partial charge is 0.311 e. The van der Waals surface area contributed by atoms with Crippen LogP contribution in [-0.4, -0.2) is 179 Å². The molecule has 0 amide bonds. The summed E-state index contributed by atoms with van der Waals surface area (Å²) < 4.78 is 38.0. The summed E-state index contributed by atoms with van der Waals surface area (Å²) in [5.74, 6) is -4.02. The summed E-state index contributed by atoms with van der Waals surface area (Å²) >= 11 is 1.65. The number of thiazole rings is 1. The summed E-state index contributed by atoms with van der Waals surface area (Å²) in [6, 6.07) is -0.323. The Morgan fingerprint density at radius 3 is 2.21 bits per heavy atom. The minimum absolute atomic E-state index is 0.00519. The molecule has 1 aromatic heterocycles. The molecule has 4 heterocycles. The van der Waals surface area contributed by atoms with Crippen molar-refractivity contribution in [2.75, 3.05) is 47.4 Å². The first-order valence-electron chi connectivity index (χ1n) is 25.0. The Labute approximate surface area is 410 Å². The van der Waals surface area contributed by atoms with Crippen molar-refractivity contribution in [1.29, 1.82) is 0 Å². The number of hydrogen-bond acceptors (Lipinski definition) is 19. The second kappa shape index (κ2) is 26.7. The van der Waals surface area contributed by atoms with E-state index in [1.54, 1.807) is 59.8 Å². The number of ether oxygens (including phenoxy) is 6. The number of esters is 1. The molecule has 18 atom stereocenters. The van der Waals surface area contributed by atoms with Gasteiger partial charge in [0.05, 0.1) is 53.4 Å². The highest BCUT2D eigenvalue weighted by molar-refractivity contribution is 7.09. The molecular weight excluding hydrogens is 899 g/mol. The fourth-order valence-electron chi connectivity index (χ4n) is 10.3. The van der Waals surface area contributed by atoms with E-state index in [0.29, 0.717) is 18.7 Å². The highest BCUT2D eigenvalue weighted by Crippen LogP contribution is 2.41. The van der Waals surface area contributed by atoms with Crippen LogP contribution in [0.5, 0.6) is 0 Å². The van der Waals surface area contributed by atoms with Gasteiger partial charge in [-0.25, -0.2) is 4.98 Å². The third-order valence-electron chi connectivity index (χ3n) is 14.6. The summed E-state index contributed by atoms with van der Waals surface area (Å²) in [5, 5.41) is 74.4. The molecule has 68 heavy (non-hydrogen) atoms. The maximum Gasteiger partial charge on any atom is 0.311 e. The number of aliphatic hydroxyl groups is 5. The Hall–Kier alpha value is -1.95. The topological polar surface area (TPSA) is 235 Å². The Morgan fingerprint density at radius 1 is 0.912 bits per heavy atom. The van der Waals surface area contributed by atoms with Gasteiger partial charge in [-0.3, -0.25) is 4.79 Å². The second-order valence-corrected chi connectivity index (χ2v) is 21.7. The molecule has 19 heteroatoms. The van der Waals surface area contributed by atoms with E-state index in [2.05, 4.69) is 20.8 Å². The van der Waals surface area contributed by atoms with Crippen LogP contribution in [0.4, 0.5) is 0 Å². The SMILES string of the molecule is CC[C@H]1OC(=O)[C@H](C)[C@@H](O[C@H]2C[C@@](C)(OC)[C@@H](O)[C@H](C)O2)[C@H](C)[C@@H](O[C@@H]2O[C@H](C)C[C@H](N(C)C)[C@H]2O)[C@](C)(O)C[C@@H](C)/C(=N\OCCNCCCCCCNCc2nccs2)[C@H](C)[C@@H](O)[C@]1(C)O. The summed E-state index contributed by atoms with van der Waals surface area (Å²) in [7, 11) is 5.26. The van der Waals surface area contributed by atoms with Crippen LogP contribution in [0.1, 0.15) is 126 Å². The lowest BCUT2D eigenvalue weighted by atomic mass is 9.73. The van der Waals surface area contributed by atoms with E-state index >= 15 is 0 Å².